The van der Waals surface area contributed by atoms with Gasteiger partial charge in [-0.2, -0.15) is 0 Å². The van der Waals surface area contributed by atoms with Crippen LogP contribution in [0.5, 0.6) is 0 Å². The summed E-state index contributed by atoms with van der Waals surface area (Å²) in [7, 11) is 0. The third-order valence-corrected chi connectivity index (χ3v) is 4.10. The van der Waals surface area contributed by atoms with Gasteiger partial charge in [0.2, 0.25) is 0 Å². The number of aliphatic hydroxyl groups is 1. The van der Waals surface area contributed by atoms with E-state index in [0.29, 0.717) is 6.54 Å². The molecule has 0 radical (unpaired) electrons. The zero-order valence-corrected chi connectivity index (χ0v) is 11.4. The number of hydrogen-bond acceptors (Lipinski definition) is 5. The molecule has 6 heteroatoms. The number of thiazole rings is 1. The van der Waals surface area contributed by atoms with E-state index in [4.69, 9.17) is 5.11 Å². The van der Waals surface area contributed by atoms with Crippen molar-refractivity contribution >= 4 is 17.2 Å². The number of aromatic nitrogens is 1. The highest BCUT2D eigenvalue weighted by Gasteiger charge is 2.24. The second-order valence-electron chi connectivity index (χ2n) is 4.34. The largest absolute Gasteiger partial charge is 0.395 e. The Hall–Kier alpha value is -0.980. The SMILES string of the molecule is CCc1ncsc1C(=O)N1CCN(CCO)CC1. The number of aryl methyl sites for hydroxylation is 1. The van der Waals surface area contributed by atoms with E-state index < -0.39 is 0 Å². The maximum atomic E-state index is 12.3. The summed E-state index contributed by atoms with van der Waals surface area (Å²) in [6, 6.07) is 0. The standard InChI is InChI=1S/C12H19N3O2S/c1-2-10-11(18-9-13-10)12(17)15-5-3-14(4-6-15)7-8-16/h9,16H,2-8H2,1H3. The molecule has 1 aliphatic heterocycles. The van der Waals surface area contributed by atoms with Crippen molar-refractivity contribution in [2.45, 2.75) is 13.3 Å². The van der Waals surface area contributed by atoms with Gasteiger partial charge in [-0.25, -0.2) is 4.98 Å². The summed E-state index contributed by atoms with van der Waals surface area (Å²) in [5, 5.41) is 8.88. The molecule has 1 aliphatic rings. The van der Waals surface area contributed by atoms with Crippen LogP contribution in [0.4, 0.5) is 0 Å². The number of carbonyl (C=O) groups excluding carboxylic acids is 1. The van der Waals surface area contributed by atoms with Crippen molar-refractivity contribution in [1.82, 2.24) is 14.8 Å². The second-order valence-corrected chi connectivity index (χ2v) is 5.19. The Morgan fingerprint density at radius 1 is 1.44 bits per heavy atom. The Labute approximate surface area is 111 Å². The molecule has 0 aromatic carbocycles. The Kier molecular flexibility index (Phi) is 4.68. The van der Waals surface area contributed by atoms with Crippen molar-refractivity contribution in [3.8, 4) is 0 Å². The van der Waals surface area contributed by atoms with Crippen molar-refractivity contribution in [2.75, 3.05) is 39.3 Å². The predicted molar refractivity (Wildman–Crippen MR) is 70.9 cm³/mol. The van der Waals surface area contributed by atoms with Crippen molar-refractivity contribution < 1.29 is 9.90 Å². The van der Waals surface area contributed by atoms with Crippen LogP contribution in [-0.2, 0) is 6.42 Å². The topological polar surface area (TPSA) is 56.7 Å². The molecule has 0 saturated carbocycles. The lowest BCUT2D eigenvalue weighted by molar-refractivity contribution is 0.0618. The van der Waals surface area contributed by atoms with Gasteiger partial charge in [0.1, 0.15) is 4.88 Å². The van der Waals surface area contributed by atoms with Gasteiger partial charge < -0.3 is 10.0 Å². The summed E-state index contributed by atoms with van der Waals surface area (Å²) >= 11 is 1.43. The van der Waals surface area contributed by atoms with Gasteiger partial charge in [-0.1, -0.05) is 6.92 Å². The monoisotopic (exact) mass is 269 g/mol. The van der Waals surface area contributed by atoms with Crippen LogP contribution in [0.1, 0.15) is 22.3 Å². The smallest absolute Gasteiger partial charge is 0.265 e. The normalized spacial score (nSPS) is 17.1. The van der Waals surface area contributed by atoms with Crippen LogP contribution in [0.2, 0.25) is 0 Å². The van der Waals surface area contributed by atoms with Gasteiger partial charge in [0.05, 0.1) is 17.8 Å². The molecule has 100 valence electrons. The van der Waals surface area contributed by atoms with Gasteiger partial charge in [-0.15, -0.1) is 11.3 Å². The molecule has 0 atom stereocenters. The number of rotatable bonds is 4. The first-order valence-electron chi connectivity index (χ1n) is 6.31. The number of piperazine rings is 1. The summed E-state index contributed by atoms with van der Waals surface area (Å²) < 4.78 is 0. The molecule has 1 aromatic rings. The van der Waals surface area contributed by atoms with Crippen LogP contribution in [0, 0.1) is 0 Å². The Balaban J connectivity index is 1.95. The fraction of sp³-hybridized carbons (Fsp3) is 0.667. The molecule has 1 saturated heterocycles. The first-order valence-corrected chi connectivity index (χ1v) is 7.19. The van der Waals surface area contributed by atoms with Crippen LogP contribution >= 0.6 is 11.3 Å². The fourth-order valence-electron chi connectivity index (χ4n) is 2.15. The van der Waals surface area contributed by atoms with Crippen molar-refractivity contribution in [2.24, 2.45) is 0 Å². The minimum atomic E-state index is 0.109. The number of carbonyl (C=O) groups is 1. The van der Waals surface area contributed by atoms with Crippen LogP contribution in [0.15, 0.2) is 5.51 Å². The van der Waals surface area contributed by atoms with E-state index in [1.54, 1.807) is 5.51 Å². The van der Waals surface area contributed by atoms with E-state index >= 15 is 0 Å². The molecule has 0 aliphatic carbocycles. The zero-order chi connectivity index (χ0) is 13.0. The zero-order valence-electron chi connectivity index (χ0n) is 10.6. The molecular formula is C12H19N3O2S. The number of hydrogen-bond donors (Lipinski definition) is 1. The first-order chi connectivity index (χ1) is 8.76. The minimum absolute atomic E-state index is 0.109. The summed E-state index contributed by atoms with van der Waals surface area (Å²) in [6.07, 6.45) is 0.801. The van der Waals surface area contributed by atoms with E-state index in [2.05, 4.69) is 9.88 Å². The quantitative estimate of drug-likeness (QED) is 0.862. The fourth-order valence-corrected chi connectivity index (χ4v) is 3.00. The third kappa shape index (κ3) is 2.88. The van der Waals surface area contributed by atoms with Gasteiger partial charge in [-0.05, 0) is 6.42 Å². The lowest BCUT2D eigenvalue weighted by Crippen LogP contribution is -2.49. The molecule has 2 heterocycles. The second kappa shape index (κ2) is 6.26. The van der Waals surface area contributed by atoms with Crippen LogP contribution in [0.25, 0.3) is 0 Å². The van der Waals surface area contributed by atoms with Crippen LogP contribution in [0.3, 0.4) is 0 Å². The highest BCUT2D eigenvalue weighted by molar-refractivity contribution is 7.11. The summed E-state index contributed by atoms with van der Waals surface area (Å²) in [6.45, 7) is 6.05. The van der Waals surface area contributed by atoms with Gasteiger partial charge in [0, 0.05) is 32.7 Å². The number of β-amino-alcohol motifs (C(OH)–C–C–N with tert-alkyl or cyclic N) is 1. The van der Waals surface area contributed by atoms with Gasteiger partial charge in [0.15, 0.2) is 0 Å². The average molecular weight is 269 g/mol. The third-order valence-electron chi connectivity index (χ3n) is 3.25. The molecule has 18 heavy (non-hydrogen) atoms. The molecule has 1 N–H and O–H groups in total. The molecule has 1 aromatic heterocycles. The van der Waals surface area contributed by atoms with Crippen molar-refractivity contribution in [1.29, 1.82) is 0 Å². The average Bonchev–Trinajstić information content (AvgIpc) is 2.87. The van der Waals surface area contributed by atoms with Gasteiger partial charge in [0.25, 0.3) is 5.91 Å². The summed E-state index contributed by atoms with van der Waals surface area (Å²) in [5.74, 6) is 0.109. The molecule has 5 nitrogen and oxygen atoms in total. The lowest BCUT2D eigenvalue weighted by atomic mass is 10.2. The highest BCUT2D eigenvalue weighted by Crippen LogP contribution is 2.17. The highest BCUT2D eigenvalue weighted by atomic mass is 32.1. The minimum Gasteiger partial charge on any atom is -0.395 e. The van der Waals surface area contributed by atoms with Gasteiger partial charge in [-0.3, -0.25) is 9.69 Å². The molecule has 0 spiro atoms. The van der Waals surface area contributed by atoms with E-state index in [-0.39, 0.29) is 12.5 Å². The Bertz CT molecular complexity index is 400. The predicted octanol–water partition coefficient (Wildman–Crippen LogP) is 0.456. The molecule has 2 rings (SSSR count). The maximum Gasteiger partial charge on any atom is 0.265 e. The van der Waals surface area contributed by atoms with Crippen LogP contribution < -0.4 is 0 Å². The molecule has 1 fully saturated rings. The first kappa shape index (κ1) is 13.5. The number of amides is 1. The molecule has 0 bridgehead atoms. The number of nitrogens with zero attached hydrogens (tertiary/aromatic N) is 3. The van der Waals surface area contributed by atoms with Gasteiger partial charge >= 0.3 is 0 Å². The maximum absolute atomic E-state index is 12.3. The summed E-state index contributed by atoms with van der Waals surface area (Å²) in [5.41, 5.74) is 2.65. The van der Waals surface area contributed by atoms with E-state index in [1.165, 1.54) is 11.3 Å². The van der Waals surface area contributed by atoms with E-state index in [9.17, 15) is 4.79 Å². The van der Waals surface area contributed by atoms with E-state index in [0.717, 1.165) is 43.2 Å². The Morgan fingerprint density at radius 3 is 2.78 bits per heavy atom. The van der Waals surface area contributed by atoms with E-state index in [1.807, 2.05) is 11.8 Å². The molecular weight excluding hydrogens is 250 g/mol. The lowest BCUT2D eigenvalue weighted by Gasteiger charge is -2.34. The van der Waals surface area contributed by atoms with Crippen molar-refractivity contribution in [3.63, 3.8) is 0 Å². The number of aliphatic hydroxyl groups excluding tert-OH is 1. The van der Waals surface area contributed by atoms with Crippen LogP contribution in [-0.4, -0.2) is 65.1 Å². The van der Waals surface area contributed by atoms with Crippen molar-refractivity contribution in [3.05, 3.63) is 16.1 Å². The Morgan fingerprint density at radius 2 is 2.17 bits per heavy atom. The molecule has 0 unspecified atom stereocenters. The molecule has 1 amide bonds. The summed E-state index contributed by atoms with van der Waals surface area (Å²) in [4.78, 5) is 21.4.